The second-order valence-corrected chi connectivity index (χ2v) is 4.08. The van der Waals surface area contributed by atoms with E-state index in [4.69, 9.17) is 15.7 Å². The van der Waals surface area contributed by atoms with Gasteiger partial charge < -0.3 is 15.7 Å². The predicted octanol–water partition coefficient (Wildman–Crippen LogP) is 2.64. The average Bonchev–Trinajstić information content (AvgIpc) is 2.44. The first kappa shape index (κ1) is 13.8. The zero-order valence-corrected chi connectivity index (χ0v) is 10.4. The van der Waals surface area contributed by atoms with Crippen molar-refractivity contribution in [2.75, 3.05) is 0 Å². The van der Waals surface area contributed by atoms with Gasteiger partial charge in [-0.15, -0.1) is 0 Å². The SMILES string of the molecule is N/C(=N/O)c1cc(F)cc(COc2cccc(F)c2)c1. The third-order valence-electron chi connectivity index (χ3n) is 2.56. The van der Waals surface area contributed by atoms with Crippen molar-refractivity contribution < 1.29 is 18.7 Å². The molecule has 2 aromatic rings. The van der Waals surface area contributed by atoms with E-state index in [1.165, 1.54) is 30.3 Å². The molecule has 6 heteroatoms. The van der Waals surface area contributed by atoms with Gasteiger partial charge in [0.05, 0.1) is 0 Å². The molecule has 0 spiro atoms. The van der Waals surface area contributed by atoms with Gasteiger partial charge >= 0.3 is 0 Å². The zero-order chi connectivity index (χ0) is 14.5. The normalized spacial score (nSPS) is 11.4. The predicted molar refractivity (Wildman–Crippen MR) is 69.6 cm³/mol. The highest BCUT2D eigenvalue weighted by Crippen LogP contribution is 2.16. The number of hydrogen-bond acceptors (Lipinski definition) is 3. The molecular weight excluding hydrogens is 266 g/mol. The Balaban J connectivity index is 2.15. The molecule has 0 saturated heterocycles. The van der Waals surface area contributed by atoms with Gasteiger partial charge in [-0.2, -0.15) is 0 Å². The maximum atomic E-state index is 13.4. The molecule has 0 fully saturated rings. The summed E-state index contributed by atoms with van der Waals surface area (Å²) in [6.07, 6.45) is 0. The Morgan fingerprint density at radius 2 is 1.95 bits per heavy atom. The van der Waals surface area contributed by atoms with Crippen molar-refractivity contribution in [3.63, 3.8) is 0 Å². The van der Waals surface area contributed by atoms with Gasteiger partial charge in [-0.25, -0.2) is 8.78 Å². The summed E-state index contributed by atoms with van der Waals surface area (Å²) in [5.74, 6) is -0.817. The summed E-state index contributed by atoms with van der Waals surface area (Å²) in [5.41, 5.74) is 6.13. The number of ether oxygens (including phenoxy) is 1. The van der Waals surface area contributed by atoms with Gasteiger partial charge in [-0.1, -0.05) is 11.2 Å². The maximum absolute atomic E-state index is 13.4. The van der Waals surface area contributed by atoms with Crippen LogP contribution >= 0.6 is 0 Å². The largest absolute Gasteiger partial charge is 0.489 e. The number of oxime groups is 1. The molecule has 0 atom stereocenters. The lowest BCUT2D eigenvalue weighted by Gasteiger charge is -2.08. The lowest BCUT2D eigenvalue weighted by atomic mass is 10.1. The number of hydrogen-bond donors (Lipinski definition) is 2. The summed E-state index contributed by atoms with van der Waals surface area (Å²) in [7, 11) is 0. The van der Waals surface area contributed by atoms with Crippen LogP contribution in [0.5, 0.6) is 5.75 Å². The summed E-state index contributed by atoms with van der Waals surface area (Å²) in [5, 5.41) is 11.4. The molecule has 0 aliphatic heterocycles. The molecule has 20 heavy (non-hydrogen) atoms. The number of halogens is 2. The van der Waals surface area contributed by atoms with E-state index in [1.54, 1.807) is 6.07 Å². The Kier molecular flexibility index (Phi) is 4.14. The van der Waals surface area contributed by atoms with Gasteiger partial charge in [0.15, 0.2) is 5.84 Å². The smallest absolute Gasteiger partial charge is 0.170 e. The minimum absolute atomic E-state index is 0.0346. The molecule has 0 amide bonds. The van der Waals surface area contributed by atoms with Crippen LogP contribution in [0, 0.1) is 11.6 Å². The highest BCUT2D eigenvalue weighted by molar-refractivity contribution is 5.97. The minimum atomic E-state index is -0.535. The zero-order valence-electron chi connectivity index (χ0n) is 10.4. The van der Waals surface area contributed by atoms with Crippen LogP contribution in [0.15, 0.2) is 47.6 Å². The van der Waals surface area contributed by atoms with E-state index in [0.717, 1.165) is 6.07 Å². The minimum Gasteiger partial charge on any atom is -0.489 e. The molecule has 0 bridgehead atoms. The molecule has 2 rings (SSSR count). The van der Waals surface area contributed by atoms with Crippen LogP contribution in [0.4, 0.5) is 8.78 Å². The molecule has 2 aromatic carbocycles. The second-order valence-electron chi connectivity index (χ2n) is 4.08. The van der Waals surface area contributed by atoms with Crippen molar-refractivity contribution in [3.05, 3.63) is 65.2 Å². The Labute approximate surface area is 114 Å². The monoisotopic (exact) mass is 278 g/mol. The average molecular weight is 278 g/mol. The third-order valence-corrected chi connectivity index (χ3v) is 2.56. The van der Waals surface area contributed by atoms with Gasteiger partial charge in [-0.05, 0) is 35.9 Å². The Morgan fingerprint density at radius 3 is 2.65 bits per heavy atom. The molecule has 104 valence electrons. The van der Waals surface area contributed by atoms with Crippen molar-refractivity contribution in [1.29, 1.82) is 0 Å². The number of benzene rings is 2. The molecular formula is C14H12F2N2O2. The van der Waals surface area contributed by atoms with Crippen molar-refractivity contribution in [1.82, 2.24) is 0 Å². The number of nitrogens with zero attached hydrogens (tertiary/aromatic N) is 1. The van der Waals surface area contributed by atoms with Gasteiger partial charge in [0.2, 0.25) is 0 Å². The summed E-state index contributed by atoms with van der Waals surface area (Å²) in [6, 6.07) is 9.55. The van der Waals surface area contributed by atoms with Crippen molar-refractivity contribution in [2.45, 2.75) is 6.61 Å². The van der Waals surface area contributed by atoms with E-state index >= 15 is 0 Å². The van der Waals surface area contributed by atoms with Crippen LogP contribution in [-0.2, 0) is 6.61 Å². The highest BCUT2D eigenvalue weighted by atomic mass is 19.1. The fourth-order valence-electron chi connectivity index (χ4n) is 1.66. The van der Waals surface area contributed by atoms with Crippen LogP contribution in [0.1, 0.15) is 11.1 Å². The van der Waals surface area contributed by atoms with E-state index in [9.17, 15) is 8.78 Å². The molecule has 0 radical (unpaired) electrons. The first-order chi connectivity index (χ1) is 9.58. The standard InChI is InChI=1S/C14H12F2N2O2/c15-11-2-1-3-13(7-11)20-8-9-4-10(14(17)18-19)6-12(16)5-9/h1-7,19H,8H2,(H2,17,18). The van der Waals surface area contributed by atoms with E-state index < -0.39 is 11.6 Å². The summed E-state index contributed by atoms with van der Waals surface area (Å²) in [6.45, 7) is 0.0346. The fraction of sp³-hybridized carbons (Fsp3) is 0.0714. The van der Waals surface area contributed by atoms with Crippen LogP contribution in [0.3, 0.4) is 0 Å². The second kappa shape index (κ2) is 6.01. The van der Waals surface area contributed by atoms with E-state index in [1.807, 2.05) is 0 Å². The van der Waals surface area contributed by atoms with Crippen LogP contribution in [-0.4, -0.2) is 11.0 Å². The Bertz CT molecular complexity index is 645. The van der Waals surface area contributed by atoms with E-state index in [-0.39, 0.29) is 18.0 Å². The summed E-state index contributed by atoms with van der Waals surface area (Å²) >= 11 is 0. The third kappa shape index (κ3) is 3.44. The Morgan fingerprint density at radius 1 is 1.15 bits per heavy atom. The molecule has 4 nitrogen and oxygen atoms in total. The lowest BCUT2D eigenvalue weighted by Crippen LogP contribution is -2.14. The van der Waals surface area contributed by atoms with Gasteiger partial charge in [-0.3, -0.25) is 0 Å². The van der Waals surface area contributed by atoms with E-state index in [2.05, 4.69) is 5.16 Å². The molecule has 3 N–H and O–H groups in total. The molecule has 0 aliphatic rings. The molecule has 0 aromatic heterocycles. The first-order valence-corrected chi connectivity index (χ1v) is 5.74. The quantitative estimate of drug-likeness (QED) is 0.391. The summed E-state index contributed by atoms with van der Waals surface area (Å²) < 4.78 is 31.7. The van der Waals surface area contributed by atoms with Crippen molar-refractivity contribution in [2.24, 2.45) is 10.9 Å². The highest BCUT2D eigenvalue weighted by Gasteiger charge is 2.06. The van der Waals surface area contributed by atoms with Gasteiger partial charge in [0, 0.05) is 11.6 Å². The molecule has 0 heterocycles. The Hall–Kier alpha value is -2.63. The van der Waals surface area contributed by atoms with Gasteiger partial charge in [0.25, 0.3) is 0 Å². The fourth-order valence-corrected chi connectivity index (χ4v) is 1.66. The van der Waals surface area contributed by atoms with Crippen LogP contribution < -0.4 is 10.5 Å². The topological polar surface area (TPSA) is 67.8 Å². The summed E-state index contributed by atoms with van der Waals surface area (Å²) in [4.78, 5) is 0. The van der Waals surface area contributed by atoms with Crippen molar-refractivity contribution in [3.8, 4) is 5.75 Å². The molecule has 0 aliphatic carbocycles. The number of amidine groups is 1. The maximum Gasteiger partial charge on any atom is 0.170 e. The van der Waals surface area contributed by atoms with Crippen LogP contribution in [0.25, 0.3) is 0 Å². The first-order valence-electron chi connectivity index (χ1n) is 5.74. The van der Waals surface area contributed by atoms with E-state index in [0.29, 0.717) is 11.3 Å². The van der Waals surface area contributed by atoms with Crippen LogP contribution in [0.2, 0.25) is 0 Å². The molecule has 0 unspecified atom stereocenters. The van der Waals surface area contributed by atoms with Gasteiger partial charge in [0.1, 0.15) is 24.0 Å². The lowest BCUT2D eigenvalue weighted by molar-refractivity contribution is 0.304. The van der Waals surface area contributed by atoms with Crippen molar-refractivity contribution >= 4 is 5.84 Å². The molecule has 0 saturated carbocycles. The number of rotatable bonds is 4. The number of nitrogens with two attached hydrogens (primary N) is 1.